The predicted molar refractivity (Wildman–Crippen MR) is 108 cm³/mol. The summed E-state index contributed by atoms with van der Waals surface area (Å²) < 4.78 is 2.01. The summed E-state index contributed by atoms with van der Waals surface area (Å²) in [6, 6.07) is 6.54. The number of carbonyl (C=O) groups is 2. The van der Waals surface area contributed by atoms with Crippen LogP contribution in [0.25, 0.3) is 11.4 Å². The number of imide groups is 1. The Hall–Kier alpha value is -2.06. The molecule has 0 aliphatic carbocycles. The fourth-order valence-electron chi connectivity index (χ4n) is 2.52. The number of hydrogen-bond donors (Lipinski definition) is 2. The van der Waals surface area contributed by atoms with Gasteiger partial charge in [-0.25, -0.2) is 4.79 Å². The lowest BCUT2D eigenvalue weighted by Crippen LogP contribution is -2.39. The number of urea groups is 1. The third-order valence-corrected chi connectivity index (χ3v) is 5.28. The van der Waals surface area contributed by atoms with Crippen molar-refractivity contribution in [2.45, 2.75) is 56.5 Å². The highest BCUT2D eigenvalue weighted by molar-refractivity contribution is 8.00. The van der Waals surface area contributed by atoms with Gasteiger partial charge in [0.15, 0.2) is 11.0 Å². The second kappa shape index (κ2) is 10.3. The molecule has 0 bridgehead atoms. The predicted octanol–water partition coefficient (Wildman–Crippen LogP) is 3.85. The number of hydrogen-bond acceptors (Lipinski definition) is 5. The average Bonchev–Trinajstić information content (AvgIpc) is 3.01. The number of thioether (sulfide) groups is 1. The van der Waals surface area contributed by atoms with Gasteiger partial charge in [-0.2, -0.15) is 0 Å². The second-order valence-electron chi connectivity index (χ2n) is 6.14. The quantitative estimate of drug-likeness (QED) is 0.483. The van der Waals surface area contributed by atoms with Gasteiger partial charge >= 0.3 is 6.03 Å². The van der Waals surface area contributed by atoms with Crippen molar-refractivity contribution in [2.24, 2.45) is 5.73 Å². The molecule has 3 N–H and O–H groups in total. The standard InChI is InChI=1S/C18H24ClN5O2S/c1-3-4-5-6-11-24-15(13-7-9-14(19)10-8-13)22-23-18(24)27-12(2)16(25)21-17(20)26/h7-10,12H,3-6,11H2,1-2H3,(H3,20,21,25,26). The third-order valence-electron chi connectivity index (χ3n) is 3.95. The second-order valence-corrected chi connectivity index (χ2v) is 7.88. The van der Waals surface area contributed by atoms with Crippen molar-refractivity contribution in [1.82, 2.24) is 20.1 Å². The molecule has 0 saturated heterocycles. The number of primary amides is 1. The number of unbranched alkanes of at least 4 members (excludes halogenated alkanes) is 3. The van der Waals surface area contributed by atoms with Gasteiger partial charge in [-0.3, -0.25) is 10.1 Å². The summed E-state index contributed by atoms with van der Waals surface area (Å²) >= 11 is 7.22. The molecule has 1 heterocycles. The monoisotopic (exact) mass is 409 g/mol. The first-order valence-corrected chi connectivity index (χ1v) is 10.1. The van der Waals surface area contributed by atoms with E-state index in [1.165, 1.54) is 11.8 Å². The Morgan fingerprint density at radius 1 is 1.22 bits per heavy atom. The number of aromatic nitrogens is 3. The molecule has 0 saturated carbocycles. The Labute approximate surface area is 168 Å². The van der Waals surface area contributed by atoms with Crippen molar-refractivity contribution in [3.63, 3.8) is 0 Å². The van der Waals surface area contributed by atoms with Gasteiger partial charge in [0.05, 0.1) is 5.25 Å². The van der Waals surface area contributed by atoms with Gasteiger partial charge < -0.3 is 10.3 Å². The Bertz CT molecular complexity index is 779. The van der Waals surface area contributed by atoms with E-state index in [1.807, 2.05) is 28.8 Å². The van der Waals surface area contributed by atoms with E-state index in [0.717, 1.165) is 43.6 Å². The molecule has 1 aromatic heterocycles. The normalized spacial score (nSPS) is 12.0. The highest BCUT2D eigenvalue weighted by Gasteiger charge is 2.21. The van der Waals surface area contributed by atoms with Gasteiger partial charge in [0.25, 0.3) is 0 Å². The lowest BCUT2D eigenvalue weighted by Gasteiger charge is -2.13. The molecule has 0 spiro atoms. The lowest BCUT2D eigenvalue weighted by molar-refractivity contribution is -0.119. The minimum atomic E-state index is -0.865. The summed E-state index contributed by atoms with van der Waals surface area (Å²) in [4.78, 5) is 22.9. The van der Waals surface area contributed by atoms with Gasteiger partial charge in [0.2, 0.25) is 5.91 Å². The van der Waals surface area contributed by atoms with E-state index in [9.17, 15) is 9.59 Å². The number of benzene rings is 1. The van der Waals surface area contributed by atoms with E-state index in [-0.39, 0.29) is 0 Å². The molecule has 9 heteroatoms. The topological polar surface area (TPSA) is 103 Å². The van der Waals surface area contributed by atoms with E-state index in [4.69, 9.17) is 17.3 Å². The molecule has 146 valence electrons. The van der Waals surface area contributed by atoms with Crippen LogP contribution >= 0.6 is 23.4 Å². The summed E-state index contributed by atoms with van der Waals surface area (Å²) in [6.07, 6.45) is 4.41. The molecule has 1 atom stereocenters. The Balaban J connectivity index is 2.23. The maximum Gasteiger partial charge on any atom is 0.318 e. The molecule has 0 fully saturated rings. The number of nitrogens with two attached hydrogens (primary N) is 1. The highest BCUT2D eigenvalue weighted by Crippen LogP contribution is 2.28. The largest absolute Gasteiger partial charge is 0.351 e. The van der Waals surface area contributed by atoms with Gasteiger partial charge in [-0.15, -0.1) is 10.2 Å². The van der Waals surface area contributed by atoms with Crippen molar-refractivity contribution >= 4 is 35.3 Å². The maximum absolute atomic E-state index is 12.0. The average molecular weight is 410 g/mol. The van der Waals surface area contributed by atoms with E-state index >= 15 is 0 Å². The van der Waals surface area contributed by atoms with Crippen LogP contribution in [0.15, 0.2) is 29.4 Å². The number of nitrogens with one attached hydrogen (secondary N) is 1. The van der Waals surface area contributed by atoms with Crippen LogP contribution in [0.4, 0.5) is 4.79 Å². The van der Waals surface area contributed by atoms with Gasteiger partial charge in [0, 0.05) is 17.1 Å². The number of amides is 3. The lowest BCUT2D eigenvalue weighted by atomic mass is 10.2. The summed E-state index contributed by atoms with van der Waals surface area (Å²) in [5.74, 6) is 0.272. The molecule has 0 aliphatic rings. The molecule has 27 heavy (non-hydrogen) atoms. The van der Waals surface area contributed by atoms with Crippen molar-refractivity contribution < 1.29 is 9.59 Å². The number of rotatable bonds is 9. The van der Waals surface area contributed by atoms with Crippen LogP contribution in [-0.4, -0.2) is 32.0 Å². The molecule has 0 radical (unpaired) electrons. The van der Waals surface area contributed by atoms with Crippen LogP contribution in [0.2, 0.25) is 5.02 Å². The fraction of sp³-hybridized carbons (Fsp3) is 0.444. The first-order valence-electron chi connectivity index (χ1n) is 8.88. The van der Waals surface area contributed by atoms with Crippen LogP contribution in [0.5, 0.6) is 0 Å². The minimum absolute atomic E-state index is 0.457. The fourth-order valence-corrected chi connectivity index (χ4v) is 3.52. The van der Waals surface area contributed by atoms with Crippen molar-refractivity contribution in [1.29, 1.82) is 0 Å². The Kier molecular flexibility index (Phi) is 8.12. The molecule has 1 unspecified atom stereocenters. The smallest absolute Gasteiger partial charge is 0.318 e. The first kappa shape index (κ1) is 21.2. The molecule has 7 nitrogen and oxygen atoms in total. The zero-order valence-corrected chi connectivity index (χ0v) is 17.0. The van der Waals surface area contributed by atoms with Gasteiger partial charge in [-0.05, 0) is 37.6 Å². The number of nitrogens with zero attached hydrogens (tertiary/aromatic N) is 3. The van der Waals surface area contributed by atoms with E-state index in [0.29, 0.717) is 10.2 Å². The molecule has 3 amide bonds. The van der Waals surface area contributed by atoms with Crippen molar-refractivity contribution in [2.75, 3.05) is 0 Å². The summed E-state index contributed by atoms with van der Waals surface area (Å²) in [5, 5.41) is 11.4. The first-order chi connectivity index (χ1) is 12.9. The van der Waals surface area contributed by atoms with Gasteiger partial charge in [0.1, 0.15) is 0 Å². The van der Waals surface area contributed by atoms with Crippen LogP contribution in [0.3, 0.4) is 0 Å². The number of carbonyl (C=O) groups excluding carboxylic acids is 2. The number of halogens is 1. The highest BCUT2D eigenvalue weighted by atomic mass is 35.5. The maximum atomic E-state index is 12.0. The van der Waals surface area contributed by atoms with Crippen LogP contribution in [0, 0.1) is 0 Å². The van der Waals surface area contributed by atoms with Crippen molar-refractivity contribution in [3.8, 4) is 11.4 Å². The van der Waals surface area contributed by atoms with E-state index in [2.05, 4.69) is 22.4 Å². The SMILES string of the molecule is CCCCCCn1c(SC(C)C(=O)NC(N)=O)nnc1-c1ccc(Cl)cc1. The minimum Gasteiger partial charge on any atom is -0.351 e. The molecular formula is C18H24ClN5O2S. The Morgan fingerprint density at radius 2 is 1.93 bits per heavy atom. The zero-order chi connectivity index (χ0) is 19.8. The van der Waals surface area contributed by atoms with Crippen LogP contribution in [-0.2, 0) is 11.3 Å². The van der Waals surface area contributed by atoms with E-state index in [1.54, 1.807) is 6.92 Å². The molecule has 0 aliphatic heterocycles. The Morgan fingerprint density at radius 3 is 2.56 bits per heavy atom. The molecule has 2 rings (SSSR count). The molecular weight excluding hydrogens is 386 g/mol. The zero-order valence-electron chi connectivity index (χ0n) is 15.4. The molecule has 2 aromatic rings. The van der Waals surface area contributed by atoms with Crippen LogP contribution < -0.4 is 11.1 Å². The summed E-state index contributed by atoms with van der Waals surface area (Å²) in [5.41, 5.74) is 5.92. The summed E-state index contributed by atoms with van der Waals surface area (Å²) in [6.45, 7) is 4.61. The third kappa shape index (κ3) is 6.25. The van der Waals surface area contributed by atoms with E-state index < -0.39 is 17.2 Å². The molecule has 1 aromatic carbocycles. The summed E-state index contributed by atoms with van der Waals surface area (Å²) in [7, 11) is 0. The van der Waals surface area contributed by atoms with Gasteiger partial charge in [-0.1, -0.05) is 49.5 Å². The van der Waals surface area contributed by atoms with Crippen LogP contribution in [0.1, 0.15) is 39.5 Å². The van der Waals surface area contributed by atoms with Crippen molar-refractivity contribution in [3.05, 3.63) is 29.3 Å².